The second-order valence-electron chi connectivity index (χ2n) is 4.11. The molecule has 92 valence electrons. The van der Waals surface area contributed by atoms with Gasteiger partial charge in [0, 0.05) is 26.9 Å². The molecule has 0 radical (unpaired) electrons. The lowest BCUT2D eigenvalue weighted by atomic mass is 9.98. The SMILES string of the molecule is COCCNCCC(C)(O)c1ccnn1C. The van der Waals surface area contributed by atoms with Crippen molar-refractivity contribution in [1.29, 1.82) is 0 Å². The standard InChI is InChI=1S/C11H21N3O2/c1-11(15,5-7-12-8-9-16-3)10-4-6-13-14(10)2/h4,6,12,15H,5,7-9H2,1-3H3. The van der Waals surface area contributed by atoms with Crippen molar-refractivity contribution in [2.75, 3.05) is 26.8 Å². The molecule has 0 aromatic carbocycles. The fraction of sp³-hybridized carbons (Fsp3) is 0.727. The highest BCUT2D eigenvalue weighted by atomic mass is 16.5. The quantitative estimate of drug-likeness (QED) is 0.656. The van der Waals surface area contributed by atoms with E-state index in [-0.39, 0.29) is 0 Å². The van der Waals surface area contributed by atoms with Crippen LogP contribution in [-0.4, -0.2) is 41.7 Å². The second kappa shape index (κ2) is 5.98. The molecule has 1 unspecified atom stereocenters. The number of nitrogens with zero attached hydrogens (tertiary/aromatic N) is 2. The maximum atomic E-state index is 10.3. The molecule has 1 aromatic rings. The van der Waals surface area contributed by atoms with Crippen molar-refractivity contribution in [3.8, 4) is 0 Å². The molecule has 0 aliphatic rings. The van der Waals surface area contributed by atoms with Gasteiger partial charge < -0.3 is 15.2 Å². The number of hydrogen-bond donors (Lipinski definition) is 2. The lowest BCUT2D eigenvalue weighted by Gasteiger charge is -2.23. The first-order chi connectivity index (χ1) is 7.58. The molecule has 5 nitrogen and oxygen atoms in total. The van der Waals surface area contributed by atoms with Gasteiger partial charge >= 0.3 is 0 Å². The molecule has 0 saturated heterocycles. The van der Waals surface area contributed by atoms with Gasteiger partial charge in [-0.1, -0.05) is 0 Å². The van der Waals surface area contributed by atoms with Crippen LogP contribution in [0.25, 0.3) is 0 Å². The average molecular weight is 227 g/mol. The molecule has 0 fully saturated rings. The van der Waals surface area contributed by atoms with E-state index >= 15 is 0 Å². The van der Waals surface area contributed by atoms with Gasteiger partial charge in [-0.25, -0.2) is 0 Å². The average Bonchev–Trinajstić information content (AvgIpc) is 2.65. The van der Waals surface area contributed by atoms with Crippen molar-refractivity contribution in [1.82, 2.24) is 15.1 Å². The molecule has 0 amide bonds. The lowest BCUT2D eigenvalue weighted by molar-refractivity contribution is 0.0392. The van der Waals surface area contributed by atoms with Crippen LogP contribution in [0.1, 0.15) is 19.0 Å². The fourth-order valence-electron chi connectivity index (χ4n) is 1.66. The van der Waals surface area contributed by atoms with Crippen molar-refractivity contribution < 1.29 is 9.84 Å². The van der Waals surface area contributed by atoms with E-state index in [0.29, 0.717) is 13.0 Å². The maximum Gasteiger partial charge on any atom is 0.105 e. The summed E-state index contributed by atoms with van der Waals surface area (Å²) < 4.78 is 6.63. The lowest BCUT2D eigenvalue weighted by Crippen LogP contribution is -2.31. The van der Waals surface area contributed by atoms with Crippen LogP contribution >= 0.6 is 0 Å². The first-order valence-corrected chi connectivity index (χ1v) is 5.48. The van der Waals surface area contributed by atoms with Gasteiger partial charge in [0.25, 0.3) is 0 Å². The van der Waals surface area contributed by atoms with Gasteiger partial charge in [-0.05, 0) is 26.0 Å². The van der Waals surface area contributed by atoms with Crippen LogP contribution in [0.15, 0.2) is 12.3 Å². The molecule has 2 N–H and O–H groups in total. The van der Waals surface area contributed by atoms with Gasteiger partial charge in [-0.15, -0.1) is 0 Å². The summed E-state index contributed by atoms with van der Waals surface area (Å²) in [6.45, 7) is 4.05. The Labute approximate surface area is 96.4 Å². The summed E-state index contributed by atoms with van der Waals surface area (Å²) in [4.78, 5) is 0. The van der Waals surface area contributed by atoms with Crippen molar-refractivity contribution in [3.63, 3.8) is 0 Å². The van der Waals surface area contributed by atoms with E-state index in [1.165, 1.54) is 0 Å². The van der Waals surface area contributed by atoms with Gasteiger partial charge in [0.15, 0.2) is 0 Å². The zero-order chi connectivity index (χ0) is 12.0. The second-order valence-corrected chi connectivity index (χ2v) is 4.11. The van der Waals surface area contributed by atoms with Gasteiger partial charge in [0.05, 0.1) is 12.3 Å². The Balaban J connectivity index is 2.37. The highest BCUT2D eigenvalue weighted by Gasteiger charge is 2.25. The summed E-state index contributed by atoms with van der Waals surface area (Å²) in [6.07, 6.45) is 2.35. The number of aryl methyl sites for hydroxylation is 1. The summed E-state index contributed by atoms with van der Waals surface area (Å²) in [5, 5.41) is 17.5. The number of aromatic nitrogens is 2. The zero-order valence-electron chi connectivity index (χ0n) is 10.2. The smallest absolute Gasteiger partial charge is 0.105 e. The van der Waals surface area contributed by atoms with Gasteiger partial charge in [0.1, 0.15) is 5.60 Å². The summed E-state index contributed by atoms with van der Waals surface area (Å²) in [5.41, 5.74) is -0.00764. The molecule has 0 aliphatic carbocycles. The molecule has 0 aliphatic heterocycles. The molecule has 0 saturated carbocycles. The Bertz CT molecular complexity index is 310. The number of aliphatic hydroxyl groups is 1. The normalized spacial score (nSPS) is 15.0. The monoisotopic (exact) mass is 227 g/mol. The van der Waals surface area contributed by atoms with Crippen molar-refractivity contribution in [2.24, 2.45) is 7.05 Å². The molecular formula is C11H21N3O2. The van der Waals surface area contributed by atoms with Crippen LogP contribution in [0.3, 0.4) is 0 Å². The number of methoxy groups -OCH3 is 1. The van der Waals surface area contributed by atoms with E-state index in [2.05, 4.69) is 10.4 Å². The minimum Gasteiger partial charge on any atom is -0.384 e. The predicted octanol–water partition coefficient (Wildman–Crippen LogP) is 0.254. The predicted molar refractivity (Wildman–Crippen MR) is 62.1 cm³/mol. The van der Waals surface area contributed by atoms with Crippen LogP contribution < -0.4 is 5.32 Å². The van der Waals surface area contributed by atoms with E-state index in [1.54, 1.807) is 18.0 Å². The van der Waals surface area contributed by atoms with Crippen molar-refractivity contribution in [3.05, 3.63) is 18.0 Å². The summed E-state index contributed by atoms with van der Waals surface area (Å²) in [5.74, 6) is 0. The highest BCUT2D eigenvalue weighted by molar-refractivity contribution is 5.10. The number of ether oxygens (including phenoxy) is 1. The summed E-state index contributed by atoms with van der Waals surface area (Å²) in [7, 11) is 3.51. The minimum atomic E-state index is -0.842. The Hall–Kier alpha value is -0.910. The molecule has 1 aromatic heterocycles. The third-order valence-corrected chi connectivity index (χ3v) is 2.64. The Morgan fingerprint density at radius 3 is 2.88 bits per heavy atom. The third-order valence-electron chi connectivity index (χ3n) is 2.64. The first-order valence-electron chi connectivity index (χ1n) is 5.48. The van der Waals surface area contributed by atoms with E-state index < -0.39 is 5.60 Å². The van der Waals surface area contributed by atoms with Crippen LogP contribution in [0.4, 0.5) is 0 Å². The van der Waals surface area contributed by atoms with Gasteiger partial charge in [0.2, 0.25) is 0 Å². The topological polar surface area (TPSA) is 59.3 Å². The maximum absolute atomic E-state index is 10.3. The number of hydrogen-bond acceptors (Lipinski definition) is 4. The van der Waals surface area contributed by atoms with E-state index in [0.717, 1.165) is 18.8 Å². The van der Waals surface area contributed by atoms with E-state index in [4.69, 9.17) is 4.74 Å². The Morgan fingerprint density at radius 2 is 2.31 bits per heavy atom. The largest absolute Gasteiger partial charge is 0.384 e. The number of nitrogens with one attached hydrogen (secondary N) is 1. The van der Waals surface area contributed by atoms with E-state index in [9.17, 15) is 5.11 Å². The molecule has 1 rings (SSSR count). The van der Waals surface area contributed by atoms with Crippen LogP contribution in [0, 0.1) is 0 Å². The van der Waals surface area contributed by atoms with Gasteiger partial charge in [-0.3, -0.25) is 4.68 Å². The molecule has 5 heteroatoms. The first kappa shape index (κ1) is 13.2. The third kappa shape index (κ3) is 3.59. The van der Waals surface area contributed by atoms with Crippen molar-refractivity contribution >= 4 is 0 Å². The Kier molecular flexibility index (Phi) is 4.92. The molecule has 0 bridgehead atoms. The van der Waals surface area contributed by atoms with Crippen LogP contribution in [-0.2, 0) is 17.4 Å². The molecule has 0 spiro atoms. The highest BCUT2D eigenvalue weighted by Crippen LogP contribution is 2.22. The molecule has 16 heavy (non-hydrogen) atoms. The van der Waals surface area contributed by atoms with Crippen LogP contribution in [0.5, 0.6) is 0 Å². The molecule has 1 heterocycles. The Morgan fingerprint density at radius 1 is 1.56 bits per heavy atom. The zero-order valence-corrected chi connectivity index (χ0v) is 10.2. The molecule has 1 atom stereocenters. The summed E-state index contributed by atoms with van der Waals surface area (Å²) in [6, 6.07) is 1.84. The summed E-state index contributed by atoms with van der Waals surface area (Å²) >= 11 is 0. The molecular weight excluding hydrogens is 206 g/mol. The van der Waals surface area contributed by atoms with E-state index in [1.807, 2.05) is 20.0 Å². The minimum absolute atomic E-state index is 0.649. The van der Waals surface area contributed by atoms with Crippen molar-refractivity contribution in [2.45, 2.75) is 18.9 Å². The van der Waals surface area contributed by atoms with Gasteiger partial charge in [-0.2, -0.15) is 5.10 Å². The van der Waals surface area contributed by atoms with Crippen LogP contribution in [0.2, 0.25) is 0 Å². The fourth-order valence-corrected chi connectivity index (χ4v) is 1.66. The number of rotatable bonds is 7.